The summed E-state index contributed by atoms with van der Waals surface area (Å²) in [6, 6.07) is 9.94. The maximum absolute atomic E-state index is 10.4. The van der Waals surface area contributed by atoms with Gasteiger partial charge in [-0.25, -0.2) is 9.97 Å². The molecule has 1 fully saturated rings. The maximum atomic E-state index is 10.4. The first-order valence-electron chi connectivity index (χ1n) is 7.71. The molecule has 22 heavy (non-hydrogen) atoms. The van der Waals surface area contributed by atoms with E-state index in [0.29, 0.717) is 6.54 Å². The number of hydrogen-bond donors (Lipinski definition) is 1. The minimum atomic E-state index is -0.430. The van der Waals surface area contributed by atoms with Gasteiger partial charge in [0.05, 0.1) is 6.10 Å². The molecule has 116 valence electrons. The molecule has 1 unspecified atom stereocenters. The molecule has 0 saturated carbocycles. The Morgan fingerprint density at radius 3 is 2.32 bits per heavy atom. The van der Waals surface area contributed by atoms with Crippen LogP contribution in [0.3, 0.4) is 0 Å². The van der Waals surface area contributed by atoms with E-state index >= 15 is 0 Å². The van der Waals surface area contributed by atoms with Crippen molar-refractivity contribution >= 4 is 5.95 Å². The summed E-state index contributed by atoms with van der Waals surface area (Å²) in [5, 5.41) is 10.4. The summed E-state index contributed by atoms with van der Waals surface area (Å²) < 4.78 is 0. The van der Waals surface area contributed by atoms with Gasteiger partial charge in [0.1, 0.15) is 0 Å². The molecule has 0 amide bonds. The number of benzene rings is 1. The number of anilines is 1. The molecule has 1 atom stereocenters. The summed E-state index contributed by atoms with van der Waals surface area (Å²) in [6.45, 7) is 6.35. The summed E-state index contributed by atoms with van der Waals surface area (Å²) >= 11 is 0. The second-order valence-corrected chi connectivity index (χ2v) is 5.76. The van der Waals surface area contributed by atoms with Crippen LogP contribution >= 0.6 is 0 Å². The van der Waals surface area contributed by atoms with Gasteiger partial charge in [0.15, 0.2) is 0 Å². The van der Waals surface area contributed by atoms with Crippen LogP contribution in [0.25, 0.3) is 0 Å². The Morgan fingerprint density at radius 2 is 1.68 bits per heavy atom. The normalized spacial score (nSPS) is 17.5. The molecule has 5 nitrogen and oxygen atoms in total. The van der Waals surface area contributed by atoms with Gasteiger partial charge >= 0.3 is 0 Å². The standard InChI is InChI=1S/C17H22N4O/c1-14-3-5-15(6-4-14)16(22)13-20-9-11-21(12-10-20)17-18-7-2-8-19-17/h2-8,16,22H,9-13H2,1H3. The topological polar surface area (TPSA) is 52.5 Å². The van der Waals surface area contributed by atoms with E-state index in [9.17, 15) is 5.11 Å². The molecule has 1 saturated heterocycles. The molecule has 1 aromatic carbocycles. The van der Waals surface area contributed by atoms with Gasteiger partial charge < -0.3 is 10.0 Å². The van der Waals surface area contributed by atoms with E-state index in [1.54, 1.807) is 12.4 Å². The van der Waals surface area contributed by atoms with Gasteiger partial charge in [-0.15, -0.1) is 0 Å². The number of hydrogen-bond acceptors (Lipinski definition) is 5. The predicted molar refractivity (Wildman–Crippen MR) is 86.8 cm³/mol. The average molecular weight is 298 g/mol. The molecule has 0 spiro atoms. The smallest absolute Gasteiger partial charge is 0.225 e. The van der Waals surface area contributed by atoms with E-state index in [0.717, 1.165) is 37.7 Å². The minimum absolute atomic E-state index is 0.430. The lowest BCUT2D eigenvalue weighted by Gasteiger charge is -2.35. The Kier molecular flexibility index (Phi) is 4.65. The molecule has 3 rings (SSSR count). The summed E-state index contributed by atoms with van der Waals surface area (Å²) in [7, 11) is 0. The van der Waals surface area contributed by atoms with Crippen molar-refractivity contribution in [1.82, 2.24) is 14.9 Å². The highest BCUT2D eigenvalue weighted by molar-refractivity contribution is 5.29. The van der Waals surface area contributed by atoms with Crippen LogP contribution in [-0.2, 0) is 0 Å². The number of piperazine rings is 1. The van der Waals surface area contributed by atoms with Crippen LogP contribution in [0, 0.1) is 6.92 Å². The van der Waals surface area contributed by atoms with Crippen LogP contribution in [0.2, 0.25) is 0 Å². The Labute approximate surface area is 131 Å². The van der Waals surface area contributed by atoms with Crippen LogP contribution in [0.1, 0.15) is 17.2 Å². The Hall–Kier alpha value is -1.98. The van der Waals surface area contributed by atoms with E-state index < -0.39 is 6.10 Å². The van der Waals surface area contributed by atoms with Gasteiger partial charge in [-0.1, -0.05) is 29.8 Å². The zero-order valence-electron chi connectivity index (χ0n) is 12.9. The van der Waals surface area contributed by atoms with E-state index in [1.165, 1.54) is 5.56 Å². The highest BCUT2D eigenvalue weighted by Gasteiger charge is 2.21. The molecule has 0 radical (unpaired) electrons. The third kappa shape index (κ3) is 3.61. The zero-order chi connectivity index (χ0) is 15.4. The predicted octanol–water partition coefficient (Wildman–Crippen LogP) is 1.64. The first-order chi connectivity index (χ1) is 10.7. The summed E-state index contributed by atoms with van der Waals surface area (Å²) in [5.74, 6) is 0.793. The Morgan fingerprint density at radius 1 is 1.05 bits per heavy atom. The van der Waals surface area contributed by atoms with Crippen molar-refractivity contribution in [1.29, 1.82) is 0 Å². The molecular formula is C17H22N4O. The quantitative estimate of drug-likeness (QED) is 0.930. The number of rotatable bonds is 4. The maximum Gasteiger partial charge on any atom is 0.225 e. The lowest BCUT2D eigenvalue weighted by molar-refractivity contribution is 0.109. The number of aromatic nitrogens is 2. The minimum Gasteiger partial charge on any atom is -0.387 e. The Bertz CT molecular complexity index is 579. The third-order valence-corrected chi connectivity index (χ3v) is 4.10. The van der Waals surface area contributed by atoms with Gasteiger partial charge in [0.2, 0.25) is 5.95 Å². The number of aliphatic hydroxyl groups is 1. The van der Waals surface area contributed by atoms with Gasteiger partial charge in [0.25, 0.3) is 0 Å². The van der Waals surface area contributed by atoms with Crippen LogP contribution in [-0.4, -0.2) is 52.7 Å². The molecule has 1 N–H and O–H groups in total. The number of aryl methyl sites for hydroxylation is 1. The molecule has 2 heterocycles. The molecule has 5 heteroatoms. The zero-order valence-corrected chi connectivity index (χ0v) is 12.9. The van der Waals surface area contributed by atoms with Crippen molar-refractivity contribution < 1.29 is 5.11 Å². The van der Waals surface area contributed by atoms with Crippen LogP contribution < -0.4 is 4.90 Å². The van der Waals surface area contributed by atoms with Crippen molar-refractivity contribution in [3.05, 3.63) is 53.9 Å². The number of aliphatic hydroxyl groups excluding tert-OH is 1. The van der Waals surface area contributed by atoms with Gasteiger partial charge in [-0.2, -0.15) is 0 Å². The van der Waals surface area contributed by atoms with Crippen molar-refractivity contribution in [2.75, 3.05) is 37.6 Å². The van der Waals surface area contributed by atoms with Crippen molar-refractivity contribution in [3.63, 3.8) is 0 Å². The molecular weight excluding hydrogens is 276 g/mol. The van der Waals surface area contributed by atoms with Crippen LogP contribution in [0.5, 0.6) is 0 Å². The van der Waals surface area contributed by atoms with Crippen molar-refractivity contribution in [2.24, 2.45) is 0 Å². The lowest BCUT2D eigenvalue weighted by Crippen LogP contribution is -2.48. The fourth-order valence-electron chi connectivity index (χ4n) is 2.72. The highest BCUT2D eigenvalue weighted by Crippen LogP contribution is 2.17. The molecule has 1 aromatic heterocycles. The SMILES string of the molecule is Cc1ccc(C(O)CN2CCN(c3ncccn3)CC2)cc1. The van der Waals surface area contributed by atoms with Gasteiger partial charge in [-0.3, -0.25) is 4.90 Å². The second-order valence-electron chi connectivity index (χ2n) is 5.76. The molecule has 0 bridgehead atoms. The highest BCUT2D eigenvalue weighted by atomic mass is 16.3. The summed E-state index contributed by atoms with van der Waals surface area (Å²) in [4.78, 5) is 13.1. The molecule has 1 aliphatic heterocycles. The largest absolute Gasteiger partial charge is 0.387 e. The van der Waals surface area contributed by atoms with Crippen molar-refractivity contribution in [2.45, 2.75) is 13.0 Å². The summed E-state index contributed by atoms with van der Waals surface area (Å²) in [6.07, 6.45) is 3.12. The molecule has 2 aromatic rings. The molecule has 1 aliphatic rings. The number of β-amino-alcohol motifs (C(OH)–C–C–N with tert-alkyl or cyclic N) is 1. The lowest BCUT2D eigenvalue weighted by atomic mass is 10.1. The number of nitrogens with zero attached hydrogens (tertiary/aromatic N) is 4. The van der Waals surface area contributed by atoms with E-state index in [4.69, 9.17) is 0 Å². The Balaban J connectivity index is 1.52. The average Bonchev–Trinajstić information content (AvgIpc) is 2.57. The first kappa shape index (κ1) is 14.9. The third-order valence-electron chi connectivity index (χ3n) is 4.10. The fraction of sp³-hybridized carbons (Fsp3) is 0.412. The first-order valence-corrected chi connectivity index (χ1v) is 7.71. The van der Waals surface area contributed by atoms with E-state index in [2.05, 4.69) is 26.7 Å². The van der Waals surface area contributed by atoms with Gasteiger partial charge in [0, 0.05) is 45.1 Å². The van der Waals surface area contributed by atoms with E-state index in [1.807, 2.05) is 30.3 Å². The fourth-order valence-corrected chi connectivity index (χ4v) is 2.72. The van der Waals surface area contributed by atoms with Gasteiger partial charge in [-0.05, 0) is 18.6 Å². The van der Waals surface area contributed by atoms with Crippen molar-refractivity contribution in [3.8, 4) is 0 Å². The van der Waals surface area contributed by atoms with Crippen LogP contribution in [0.15, 0.2) is 42.7 Å². The monoisotopic (exact) mass is 298 g/mol. The van der Waals surface area contributed by atoms with Crippen LogP contribution in [0.4, 0.5) is 5.95 Å². The van der Waals surface area contributed by atoms with E-state index in [-0.39, 0.29) is 0 Å². The second kappa shape index (κ2) is 6.85. The molecule has 0 aliphatic carbocycles. The summed E-state index contributed by atoms with van der Waals surface area (Å²) in [5.41, 5.74) is 2.20.